The molecule has 2 aromatic carbocycles. The Kier molecular flexibility index (Phi) is 6.59. The summed E-state index contributed by atoms with van der Waals surface area (Å²) in [4.78, 5) is 27.6. The van der Waals surface area contributed by atoms with Crippen molar-refractivity contribution in [2.75, 3.05) is 17.2 Å². The Morgan fingerprint density at radius 2 is 1.93 bits per heavy atom. The van der Waals surface area contributed by atoms with Gasteiger partial charge in [0.2, 0.25) is 0 Å². The van der Waals surface area contributed by atoms with Crippen LogP contribution >= 0.6 is 23.2 Å². The highest BCUT2D eigenvalue weighted by molar-refractivity contribution is 6.34. The number of pyridine rings is 1. The number of halogens is 2. The molecule has 3 rings (SSSR count). The van der Waals surface area contributed by atoms with Gasteiger partial charge < -0.3 is 20.7 Å². The number of rotatable bonds is 6. The molecule has 3 aromatic rings. The number of aryl methyl sites for hydroxylation is 1. The Morgan fingerprint density at radius 1 is 1.17 bits per heavy atom. The van der Waals surface area contributed by atoms with Crippen molar-refractivity contribution in [3.8, 4) is 0 Å². The van der Waals surface area contributed by atoms with E-state index >= 15 is 0 Å². The molecule has 0 aliphatic rings. The summed E-state index contributed by atoms with van der Waals surface area (Å²) in [6.45, 7) is 1.88. The summed E-state index contributed by atoms with van der Waals surface area (Å²) in [5.74, 6) is -0.609. The van der Waals surface area contributed by atoms with Gasteiger partial charge in [0, 0.05) is 17.8 Å². The lowest BCUT2D eigenvalue weighted by Gasteiger charge is -2.16. The fourth-order valence-corrected chi connectivity index (χ4v) is 3.32. The Balaban J connectivity index is 1.82. The minimum absolute atomic E-state index is 0.0786. The van der Waals surface area contributed by atoms with Gasteiger partial charge in [0.05, 0.1) is 22.5 Å². The summed E-state index contributed by atoms with van der Waals surface area (Å²) in [6, 6.07) is 13.6. The smallest absolute Gasteiger partial charge is 0.263 e. The highest BCUT2D eigenvalue weighted by atomic mass is 35.5. The first-order chi connectivity index (χ1) is 13.9. The van der Waals surface area contributed by atoms with Crippen molar-refractivity contribution in [1.29, 1.82) is 0 Å². The van der Waals surface area contributed by atoms with Crippen LogP contribution in [0.25, 0.3) is 0 Å². The Labute approximate surface area is 177 Å². The fraction of sp³-hybridized carbons (Fsp3) is 0.143. The summed E-state index contributed by atoms with van der Waals surface area (Å²) >= 11 is 12.1. The number of amides is 1. The zero-order valence-corrected chi connectivity index (χ0v) is 17.0. The maximum atomic E-state index is 12.8. The van der Waals surface area contributed by atoms with Crippen LogP contribution in [-0.4, -0.2) is 22.5 Å². The number of hydrogen-bond donors (Lipinski definition) is 4. The van der Waals surface area contributed by atoms with Crippen molar-refractivity contribution in [1.82, 2.24) is 4.98 Å². The molecular weight excluding hydrogens is 413 g/mol. The molecule has 29 heavy (non-hydrogen) atoms. The van der Waals surface area contributed by atoms with Crippen molar-refractivity contribution >= 4 is 40.5 Å². The van der Waals surface area contributed by atoms with Crippen LogP contribution in [-0.2, 0) is 0 Å². The number of aliphatic hydroxyl groups is 1. The second-order valence-electron chi connectivity index (χ2n) is 6.43. The topological polar surface area (TPSA) is 94.2 Å². The molecule has 0 saturated carbocycles. The van der Waals surface area contributed by atoms with Crippen molar-refractivity contribution in [2.24, 2.45) is 0 Å². The van der Waals surface area contributed by atoms with Crippen LogP contribution in [0.5, 0.6) is 0 Å². The highest BCUT2D eigenvalue weighted by Crippen LogP contribution is 2.26. The van der Waals surface area contributed by atoms with E-state index in [1.807, 2.05) is 0 Å². The third-order valence-electron chi connectivity index (χ3n) is 4.37. The summed E-state index contributed by atoms with van der Waals surface area (Å²) in [7, 11) is 0. The van der Waals surface area contributed by atoms with Crippen molar-refractivity contribution in [2.45, 2.75) is 13.0 Å². The average Bonchev–Trinajstić information content (AvgIpc) is 2.69. The third-order valence-corrected chi connectivity index (χ3v) is 4.92. The number of benzene rings is 2. The summed E-state index contributed by atoms with van der Waals surface area (Å²) in [6.07, 6.45) is 0.545. The van der Waals surface area contributed by atoms with E-state index in [0.717, 1.165) is 5.56 Å². The maximum Gasteiger partial charge on any atom is 0.263 e. The molecule has 0 aliphatic carbocycles. The molecule has 0 saturated heterocycles. The first-order valence-corrected chi connectivity index (χ1v) is 9.58. The van der Waals surface area contributed by atoms with Gasteiger partial charge in [0.1, 0.15) is 5.56 Å². The Bertz CT molecular complexity index is 1080. The molecule has 0 bridgehead atoms. The number of nitrogens with one attached hydrogen (secondary N) is 3. The predicted molar refractivity (Wildman–Crippen MR) is 116 cm³/mol. The van der Waals surface area contributed by atoms with Gasteiger partial charge in [0.15, 0.2) is 0 Å². The zero-order valence-electron chi connectivity index (χ0n) is 15.5. The van der Waals surface area contributed by atoms with Gasteiger partial charge in [-0.15, -0.1) is 0 Å². The van der Waals surface area contributed by atoms with Gasteiger partial charge in [-0.1, -0.05) is 47.5 Å². The minimum Gasteiger partial charge on any atom is -0.387 e. The van der Waals surface area contributed by atoms with Crippen molar-refractivity contribution in [3.63, 3.8) is 0 Å². The molecule has 1 amide bonds. The van der Waals surface area contributed by atoms with E-state index in [1.54, 1.807) is 55.5 Å². The van der Waals surface area contributed by atoms with Crippen LogP contribution in [0.4, 0.5) is 11.4 Å². The van der Waals surface area contributed by atoms with E-state index in [1.165, 1.54) is 6.20 Å². The van der Waals surface area contributed by atoms with Crippen molar-refractivity contribution < 1.29 is 9.90 Å². The molecule has 0 aliphatic heterocycles. The maximum absolute atomic E-state index is 12.8. The molecule has 1 heterocycles. The Morgan fingerprint density at radius 3 is 2.66 bits per heavy atom. The number of para-hydroxylation sites is 1. The summed E-state index contributed by atoms with van der Waals surface area (Å²) in [5.41, 5.74) is 1.44. The van der Waals surface area contributed by atoms with Gasteiger partial charge >= 0.3 is 0 Å². The molecule has 0 spiro atoms. The molecule has 0 radical (unpaired) electrons. The molecule has 4 N–H and O–H groups in total. The van der Waals surface area contributed by atoms with Crippen LogP contribution < -0.4 is 16.2 Å². The highest BCUT2D eigenvalue weighted by Gasteiger charge is 2.19. The Hall–Kier alpha value is -2.80. The van der Waals surface area contributed by atoms with Gasteiger partial charge in [-0.05, 0) is 42.3 Å². The summed E-state index contributed by atoms with van der Waals surface area (Å²) < 4.78 is 0. The van der Waals surface area contributed by atoms with Gasteiger partial charge in [0.25, 0.3) is 11.5 Å². The van der Waals surface area contributed by atoms with Crippen LogP contribution in [0.15, 0.2) is 59.5 Å². The van der Waals surface area contributed by atoms with Crippen molar-refractivity contribution in [3.05, 3.63) is 91.8 Å². The second kappa shape index (κ2) is 9.13. The van der Waals surface area contributed by atoms with E-state index < -0.39 is 17.6 Å². The molecule has 1 atom stereocenters. The standard InChI is InChI=1S/C21H19Cl2N3O3/c1-12-4-2-7-15(23)19(12)26-21(29)18-16(8-9-24-20(18)28)25-11-17(27)13-5-3-6-14(22)10-13/h2-10,17,27H,11H2,1H3,(H,26,29)(H2,24,25,28)/t17-/m1/s1. The number of aliphatic hydroxyl groups excluding tert-OH is 1. The molecule has 0 unspecified atom stereocenters. The molecule has 8 heteroatoms. The number of aromatic amines is 1. The number of anilines is 2. The van der Waals surface area contributed by atoms with E-state index in [-0.39, 0.29) is 17.8 Å². The molecule has 6 nitrogen and oxygen atoms in total. The zero-order chi connectivity index (χ0) is 21.0. The quantitative estimate of drug-likeness (QED) is 0.465. The minimum atomic E-state index is -0.880. The predicted octanol–water partition coefficient (Wildman–Crippen LogP) is 4.39. The van der Waals surface area contributed by atoms with Crippen LogP contribution in [0.2, 0.25) is 10.0 Å². The van der Waals surface area contributed by atoms with Crippen LogP contribution in [0, 0.1) is 6.92 Å². The number of hydrogen-bond acceptors (Lipinski definition) is 4. The number of carbonyl (C=O) groups is 1. The number of aromatic nitrogens is 1. The van der Waals surface area contributed by atoms with E-state index in [4.69, 9.17) is 23.2 Å². The van der Waals surface area contributed by atoms with E-state index in [9.17, 15) is 14.7 Å². The first kappa shape index (κ1) is 20.9. The number of H-pyrrole nitrogens is 1. The second-order valence-corrected chi connectivity index (χ2v) is 7.28. The van der Waals surface area contributed by atoms with E-state index in [0.29, 0.717) is 21.3 Å². The van der Waals surface area contributed by atoms with E-state index in [2.05, 4.69) is 15.6 Å². The molecule has 1 aromatic heterocycles. The normalized spacial score (nSPS) is 11.7. The average molecular weight is 432 g/mol. The molecule has 0 fully saturated rings. The van der Waals surface area contributed by atoms with Gasteiger partial charge in [-0.2, -0.15) is 0 Å². The fourth-order valence-electron chi connectivity index (χ4n) is 2.86. The third kappa shape index (κ3) is 4.98. The largest absolute Gasteiger partial charge is 0.387 e. The van der Waals surface area contributed by atoms with Crippen LogP contribution in [0.1, 0.15) is 27.6 Å². The molecule has 150 valence electrons. The van der Waals surface area contributed by atoms with Gasteiger partial charge in [-0.3, -0.25) is 9.59 Å². The number of carbonyl (C=O) groups excluding carboxylic acids is 1. The van der Waals surface area contributed by atoms with Gasteiger partial charge in [-0.25, -0.2) is 0 Å². The lowest BCUT2D eigenvalue weighted by molar-refractivity contribution is 0.102. The first-order valence-electron chi connectivity index (χ1n) is 8.82. The van der Waals surface area contributed by atoms with Crippen LogP contribution in [0.3, 0.4) is 0 Å². The SMILES string of the molecule is Cc1cccc(Cl)c1NC(=O)c1c(NC[C@@H](O)c2cccc(Cl)c2)cc[nH]c1=O. The summed E-state index contributed by atoms with van der Waals surface area (Å²) in [5, 5.41) is 16.9. The monoisotopic (exact) mass is 431 g/mol. The molecular formula is C21H19Cl2N3O3. The lowest BCUT2D eigenvalue weighted by atomic mass is 10.1. The lowest BCUT2D eigenvalue weighted by Crippen LogP contribution is -2.26.